The van der Waals surface area contributed by atoms with Crippen LogP contribution in [0.2, 0.25) is 0 Å². The minimum atomic E-state index is -0.179. The highest BCUT2D eigenvalue weighted by atomic mass is 16.3. The molecule has 0 aliphatic carbocycles. The fourth-order valence-electron chi connectivity index (χ4n) is 2.37. The van der Waals surface area contributed by atoms with E-state index in [2.05, 4.69) is 0 Å². The number of rotatable bonds is 2. The predicted octanol–water partition coefficient (Wildman–Crippen LogP) is 1.35. The molecule has 6 nitrogen and oxygen atoms in total. The molecule has 0 radical (unpaired) electrons. The van der Waals surface area contributed by atoms with Gasteiger partial charge in [-0.3, -0.25) is 9.59 Å². The smallest absolute Gasteiger partial charge is 0.247 e. The summed E-state index contributed by atoms with van der Waals surface area (Å²) in [5.41, 5.74) is 7.47. The van der Waals surface area contributed by atoms with Crippen LogP contribution in [-0.4, -0.2) is 30.0 Å². The van der Waals surface area contributed by atoms with Gasteiger partial charge in [-0.1, -0.05) is 0 Å². The maximum atomic E-state index is 12.3. The molecule has 1 aliphatic rings. The Morgan fingerprint density at radius 3 is 1.64 bits per heavy atom. The molecule has 0 spiro atoms. The number of amides is 2. The van der Waals surface area contributed by atoms with E-state index >= 15 is 0 Å². The first-order valence-corrected chi connectivity index (χ1v) is 6.80. The zero-order chi connectivity index (χ0) is 15.7. The van der Waals surface area contributed by atoms with E-state index in [1.54, 1.807) is 36.4 Å². The van der Waals surface area contributed by atoms with Crippen molar-refractivity contribution in [1.82, 2.24) is 0 Å². The van der Waals surface area contributed by atoms with Crippen LogP contribution in [-0.2, 0) is 9.59 Å². The second-order valence-electron chi connectivity index (χ2n) is 5.07. The van der Waals surface area contributed by atoms with Gasteiger partial charge in [-0.25, -0.2) is 0 Å². The van der Waals surface area contributed by atoms with Gasteiger partial charge >= 0.3 is 0 Å². The number of piperazine rings is 1. The van der Waals surface area contributed by atoms with Crippen molar-refractivity contribution in [2.45, 2.75) is 0 Å². The number of aromatic hydroxyl groups is 1. The molecule has 22 heavy (non-hydrogen) atoms. The Morgan fingerprint density at radius 1 is 0.773 bits per heavy atom. The molecule has 0 aromatic heterocycles. The molecule has 2 amide bonds. The average molecular weight is 297 g/mol. The third kappa shape index (κ3) is 2.58. The van der Waals surface area contributed by atoms with E-state index in [-0.39, 0.29) is 30.7 Å². The number of nitrogens with zero attached hydrogens (tertiary/aromatic N) is 2. The maximum absolute atomic E-state index is 12.3. The van der Waals surface area contributed by atoms with Crippen LogP contribution in [0.1, 0.15) is 0 Å². The Kier molecular flexibility index (Phi) is 3.42. The van der Waals surface area contributed by atoms with Gasteiger partial charge in [0.05, 0.1) is 0 Å². The fraction of sp³-hybridized carbons (Fsp3) is 0.125. The number of phenols is 1. The molecule has 0 atom stereocenters. The highest BCUT2D eigenvalue weighted by Crippen LogP contribution is 2.24. The molecule has 0 saturated carbocycles. The minimum Gasteiger partial charge on any atom is -0.508 e. The van der Waals surface area contributed by atoms with Crippen molar-refractivity contribution in [2.75, 3.05) is 28.6 Å². The van der Waals surface area contributed by atoms with Crippen molar-refractivity contribution in [2.24, 2.45) is 0 Å². The fourth-order valence-corrected chi connectivity index (χ4v) is 2.37. The standard InChI is InChI=1S/C16H15N3O3/c17-11-1-3-12(4-2-11)18-9-16(22)19(10-15(18)21)13-5-7-14(20)8-6-13/h1-8,20H,9-10,17H2. The number of carbonyl (C=O) groups excluding carboxylic acids is 2. The molecule has 0 unspecified atom stereocenters. The predicted molar refractivity (Wildman–Crippen MR) is 83.7 cm³/mol. The van der Waals surface area contributed by atoms with E-state index in [1.807, 2.05) is 0 Å². The Balaban J connectivity index is 1.82. The zero-order valence-corrected chi connectivity index (χ0v) is 11.8. The lowest BCUT2D eigenvalue weighted by atomic mass is 10.2. The van der Waals surface area contributed by atoms with Crippen LogP contribution in [0.25, 0.3) is 0 Å². The van der Waals surface area contributed by atoms with Crippen LogP contribution in [0.4, 0.5) is 17.1 Å². The summed E-state index contributed by atoms with van der Waals surface area (Å²) in [5.74, 6) is -0.234. The molecule has 1 aliphatic heterocycles. The van der Waals surface area contributed by atoms with Gasteiger partial charge in [0.25, 0.3) is 0 Å². The van der Waals surface area contributed by atoms with Crippen molar-refractivity contribution < 1.29 is 14.7 Å². The molecule has 0 bridgehead atoms. The molecule has 2 aromatic rings. The van der Waals surface area contributed by atoms with E-state index in [4.69, 9.17) is 5.73 Å². The van der Waals surface area contributed by atoms with Crippen molar-refractivity contribution in [3.63, 3.8) is 0 Å². The van der Waals surface area contributed by atoms with E-state index in [9.17, 15) is 14.7 Å². The number of benzene rings is 2. The number of nitrogens with two attached hydrogens (primary N) is 1. The van der Waals surface area contributed by atoms with E-state index in [1.165, 1.54) is 21.9 Å². The van der Waals surface area contributed by atoms with Gasteiger partial charge in [0.15, 0.2) is 0 Å². The lowest BCUT2D eigenvalue weighted by Gasteiger charge is -2.34. The topological polar surface area (TPSA) is 86.9 Å². The molecule has 1 heterocycles. The average Bonchev–Trinajstić information content (AvgIpc) is 2.51. The summed E-state index contributed by atoms with van der Waals surface area (Å²) in [6.45, 7) is -0.0579. The van der Waals surface area contributed by atoms with E-state index in [0.717, 1.165) is 0 Å². The monoisotopic (exact) mass is 297 g/mol. The van der Waals surface area contributed by atoms with Crippen LogP contribution in [0.3, 0.4) is 0 Å². The molecule has 112 valence electrons. The van der Waals surface area contributed by atoms with Crippen molar-refractivity contribution >= 4 is 28.9 Å². The van der Waals surface area contributed by atoms with E-state index in [0.29, 0.717) is 17.1 Å². The molecule has 2 aromatic carbocycles. The minimum absolute atomic E-state index is 0.0242. The highest BCUT2D eigenvalue weighted by molar-refractivity contribution is 6.12. The van der Waals surface area contributed by atoms with Crippen LogP contribution in [0, 0.1) is 0 Å². The molecular formula is C16H15N3O3. The molecule has 6 heteroatoms. The Labute approximate surface area is 127 Å². The van der Waals surface area contributed by atoms with Gasteiger partial charge in [0, 0.05) is 17.1 Å². The first-order chi connectivity index (χ1) is 10.5. The summed E-state index contributed by atoms with van der Waals surface area (Å²) in [6, 6.07) is 13.0. The van der Waals surface area contributed by atoms with Crippen LogP contribution < -0.4 is 15.5 Å². The van der Waals surface area contributed by atoms with Crippen LogP contribution in [0.15, 0.2) is 48.5 Å². The number of anilines is 3. The summed E-state index contributed by atoms with van der Waals surface area (Å²) >= 11 is 0. The van der Waals surface area contributed by atoms with Gasteiger partial charge in [0.2, 0.25) is 11.8 Å². The summed E-state index contributed by atoms with van der Waals surface area (Å²) in [5, 5.41) is 9.30. The Bertz CT molecular complexity index is 647. The lowest BCUT2D eigenvalue weighted by Crippen LogP contribution is -2.54. The first kappa shape index (κ1) is 13.9. The SMILES string of the molecule is Nc1ccc(N2CC(=O)N(c3ccc(O)cc3)CC2=O)cc1. The Hall–Kier alpha value is -3.02. The number of nitrogen functional groups attached to an aromatic ring is 1. The van der Waals surface area contributed by atoms with E-state index < -0.39 is 0 Å². The maximum Gasteiger partial charge on any atom is 0.247 e. The molecule has 1 saturated heterocycles. The number of phenolic OH excluding ortho intramolecular Hbond substituents is 1. The highest BCUT2D eigenvalue weighted by Gasteiger charge is 2.31. The van der Waals surface area contributed by atoms with Gasteiger partial charge in [-0.05, 0) is 48.5 Å². The molecule has 3 rings (SSSR count). The van der Waals surface area contributed by atoms with Gasteiger partial charge in [-0.2, -0.15) is 0 Å². The van der Waals surface area contributed by atoms with Gasteiger partial charge in [0.1, 0.15) is 18.8 Å². The second kappa shape index (κ2) is 5.40. The first-order valence-electron chi connectivity index (χ1n) is 6.80. The van der Waals surface area contributed by atoms with Gasteiger partial charge in [-0.15, -0.1) is 0 Å². The summed E-state index contributed by atoms with van der Waals surface area (Å²) < 4.78 is 0. The summed E-state index contributed by atoms with van der Waals surface area (Å²) in [6.07, 6.45) is 0. The molecule has 1 fully saturated rings. The second-order valence-corrected chi connectivity index (χ2v) is 5.07. The third-order valence-corrected chi connectivity index (χ3v) is 3.56. The number of hydrogen-bond donors (Lipinski definition) is 2. The van der Waals surface area contributed by atoms with Gasteiger partial charge < -0.3 is 20.6 Å². The van der Waals surface area contributed by atoms with Crippen LogP contribution >= 0.6 is 0 Å². The summed E-state index contributed by atoms with van der Waals surface area (Å²) in [7, 11) is 0. The largest absolute Gasteiger partial charge is 0.508 e. The molecule has 3 N–H and O–H groups in total. The molecular weight excluding hydrogens is 282 g/mol. The van der Waals surface area contributed by atoms with Crippen molar-refractivity contribution in [3.8, 4) is 5.75 Å². The zero-order valence-electron chi connectivity index (χ0n) is 11.8. The quantitative estimate of drug-likeness (QED) is 0.819. The third-order valence-electron chi connectivity index (χ3n) is 3.56. The Morgan fingerprint density at radius 2 is 1.18 bits per heavy atom. The number of carbonyl (C=O) groups is 2. The van der Waals surface area contributed by atoms with Crippen LogP contribution in [0.5, 0.6) is 5.75 Å². The van der Waals surface area contributed by atoms with Crippen molar-refractivity contribution in [1.29, 1.82) is 0 Å². The van der Waals surface area contributed by atoms with Crippen molar-refractivity contribution in [3.05, 3.63) is 48.5 Å². The number of hydrogen-bond acceptors (Lipinski definition) is 4. The normalized spacial score (nSPS) is 15.3. The lowest BCUT2D eigenvalue weighted by molar-refractivity contribution is -0.125. The summed E-state index contributed by atoms with van der Waals surface area (Å²) in [4.78, 5) is 27.5.